The Labute approximate surface area is 139 Å². The fraction of sp³-hybridized carbons (Fsp3) is 0.737. The van der Waals surface area contributed by atoms with Crippen LogP contribution in [0.25, 0.3) is 0 Å². The fourth-order valence-corrected chi connectivity index (χ4v) is 4.30. The van der Waals surface area contributed by atoms with E-state index in [2.05, 4.69) is 21.3 Å². The van der Waals surface area contributed by atoms with E-state index in [1.165, 1.54) is 57.3 Å². The summed E-state index contributed by atoms with van der Waals surface area (Å²) in [5.74, 6) is 0.857. The minimum absolute atomic E-state index is 0.515. The molecule has 1 saturated carbocycles. The Morgan fingerprint density at radius 1 is 1.26 bits per heavy atom. The van der Waals surface area contributed by atoms with Gasteiger partial charge in [0.25, 0.3) is 0 Å². The minimum Gasteiger partial charge on any atom is -0.380 e. The summed E-state index contributed by atoms with van der Waals surface area (Å²) in [6, 6.07) is 4.82. The highest BCUT2D eigenvalue weighted by Gasteiger charge is 2.44. The van der Waals surface area contributed by atoms with Crippen molar-refractivity contribution in [3.8, 4) is 0 Å². The number of nitrogens with zero attached hydrogens (tertiary/aromatic N) is 2. The van der Waals surface area contributed by atoms with Crippen LogP contribution in [0.1, 0.15) is 37.7 Å². The molecule has 0 bridgehead atoms. The summed E-state index contributed by atoms with van der Waals surface area (Å²) in [4.78, 5) is 6.94. The Morgan fingerprint density at radius 2 is 2.13 bits per heavy atom. The third kappa shape index (κ3) is 3.93. The zero-order chi connectivity index (χ0) is 15.5. The van der Waals surface area contributed by atoms with E-state index in [0.717, 1.165) is 25.7 Å². The van der Waals surface area contributed by atoms with Crippen molar-refractivity contribution in [2.45, 2.75) is 44.7 Å². The van der Waals surface area contributed by atoms with Gasteiger partial charge in [0.15, 0.2) is 0 Å². The summed E-state index contributed by atoms with van der Waals surface area (Å²) < 4.78 is 6.07. The number of ether oxygens (including phenoxy) is 1. The molecule has 1 N–H and O–H groups in total. The normalized spacial score (nSPS) is 27.6. The first kappa shape index (κ1) is 15.6. The molecule has 1 atom stereocenters. The van der Waals surface area contributed by atoms with Crippen molar-refractivity contribution in [3.05, 3.63) is 30.1 Å². The standard InChI is InChI=1S/C19H29N3O/c1-2-17(11-21-7-1)12-22-15-19(5-8-20-9-6-19)10-18(22)14-23-13-16-3-4-16/h1-2,7,11,16,18,20H,3-6,8-10,12-15H2. The Morgan fingerprint density at radius 3 is 2.87 bits per heavy atom. The van der Waals surface area contributed by atoms with Gasteiger partial charge in [-0.2, -0.15) is 0 Å². The lowest BCUT2D eigenvalue weighted by Crippen LogP contribution is -2.38. The molecule has 3 fully saturated rings. The van der Waals surface area contributed by atoms with E-state index in [0.29, 0.717) is 11.5 Å². The van der Waals surface area contributed by atoms with Gasteiger partial charge in [0.05, 0.1) is 6.61 Å². The number of likely N-dealkylation sites (tertiary alicyclic amines) is 1. The van der Waals surface area contributed by atoms with Crippen LogP contribution in [-0.4, -0.2) is 48.8 Å². The van der Waals surface area contributed by atoms with Crippen molar-refractivity contribution in [1.82, 2.24) is 15.2 Å². The first-order valence-electron chi connectivity index (χ1n) is 9.24. The van der Waals surface area contributed by atoms with Crippen molar-refractivity contribution < 1.29 is 4.74 Å². The number of pyridine rings is 1. The molecule has 2 saturated heterocycles. The lowest BCUT2D eigenvalue weighted by Gasteiger charge is -2.33. The van der Waals surface area contributed by atoms with Crippen LogP contribution in [-0.2, 0) is 11.3 Å². The zero-order valence-corrected chi connectivity index (χ0v) is 14.0. The molecule has 1 spiro atoms. The van der Waals surface area contributed by atoms with Crippen molar-refractivity contribution in [1.29, 1.82) is 0 Å². The summed E-state index contributed by atoms with van der Waals surface area (Å²) in [6.07, 6.45) is 10.6. The second-order valence-electron chi connectivity index (χ2n) is 7.86. The topological polar surface area (TPSA) is 37.4 Å². The van der Waals surface area contributed by atoms with E-state index in [1.807, 2.05) is 18.5 Å². The van der Waals surface area contributed by atoms with E-state index in [1.54, 1.807) is 0 Å². The van der Waals surface area contributed by atoms with Gasteiger partial charge >= 0.3 is 0 Å². The molecule has 0 amide bonds. The predicted molar refractivity (Wildman–Crippen MR) is 91.1 cm³/mol. The summed E-state index contributed by atoms with van der Waals surface area (Å²) >= 11 is 0. The monoisotopic (exact) mass is 315 g/mol. The maximum Gasteiger partial charge on any atom is 0.0622 e. The van der Waals surface area contributed by atoms with Crippen molar-refractivity contribution in [2.24, 2.45) is 11.3 Å². The highest BCUT2D eigenvalue weighted by atomic mass is 16.5. The second-order valence-corrected chi connectivity index (χ2v) is 7.86. The van der Waals surface area contributed by atoms with Crippen LogP contribution in [0.3, 0.4) is 0 Å². The van der Waals surface area contributed by atoms with Crippen LogP contribution in [0.2, 0.25) is 0 Å². The van der Waals surface area contributed by atoms with Crippen molar-refractivity contribution in [2.75, 3.05) is 32.8 Å². The Balaban J connectivity index is 1.41. The van der Waals surface area contributed by atoms with E-state index < -0.39 is 0 Å². The molecule has 126 valence electrons. The van der Waals surface area contributed by atoms with E-state index in [-0.39, 0.29) is 0 Å². The molecule has 1 aromatic heterocycles. The van der Waals surface area contributed by atoms with Crippen molar-refractivity contribution in [3.63, 3.8) is 0 Å². The zero-order valence-electron chi connectivity index (χ0n) is 14.0. The first-order chi connectivity index (χ1) is 11.3. The van der Waals surface area contributed by atoms with Gasteiger partial charge in [0.1, 0.15) is 0 Å². The maximum absolute atomic E-state index is 6.07. The van der Waals surface area contributed by atoms with Crippen LogP contribution < -0.4 is 5.32 Å². The van der Waals surface area contributed by atoms with Gasteiger partial charge in [-0.1, -0.05) is 6.07 Å². The number of rotatable bonds is 6. The predicted octanol–water partition coefficient (Wildman–Crippen LogP) is 2.45. The van der Waals surface area contributed by atoms with Gasteiger partial charge < -0.3 is 10.1 Å². The number of hydrogen-bond donors (Lipinski definition) is 1. The van der Waals surface area contributed by atoms with Crippen LogP contribution in [0.15, 0.2) is 24.5 Å². The molecule has 4 rings (SSSR count). The molecule has 4 nitrogen and oxygen atoms in total. The van der Waals surface area contributed by atoms with Gasteiger partial charge in [-0.05, 0) is 68.2 Å². The molecule has 23 heavy (non-hydrogen) atoms. The molecule has 3 aliphatic rings. The van der Waals surface area contributed by atoms with Gasteiger partial charge in [-0.3, -0.25) is 9.88 Å². The third-order valence-corrected chi connectivity index (χ3v) is 5.86. The molecule has 0 radical (unpaired) electrons. The van der Waals surface area contributed by atoms with Crippen LogP contribution in [0.4, 0.5) is 0 Å². The van der Waals surface area contributed by atoms with E-state index >= 15 is 0 Å². The smallest absolute Gasteiger partial charge is 0.0622 e. The maximum atomic E-state index is 6.07. The van der Waals surface area contributed by atoms with Gasteiger partial charge in [-0.15, -0.1) is 0 Å². The first-order valence-corrected chi connectivity index (χ1v) is 9.24. The second kappa shape index (κ2) is 6.88. The molecular weight excluding hydrogens is 286 g/mol. The molecule has 1 aromatic rings. The average molecular weight is 315 g/mol. The minimum atomic E-state index is 0.515. The molecule has 2 aliphatic heterocycles. The summed E-state index contributed by atoms with van der Waals surface area (Å²) in [5.41, 5.74) is 1.84. The average Bonchev–Trinajstić information content (AvgIpc) is 3.34. The molecule has 4 heteroatoms. The molecular formula is C19H29N3O. The van der Waals surface area contributed by atoms with E-state index in [4.69, 9.17) is 4.74 Å². The number of aromatic nitrogens is 1. The van der Waals surface area contributed by atoms with Gasteiger partial charge in [-0.25, -0.2) is 0 Å². The lowest BCUT2D eigenvalue weighted by molar-refractivity contribution is 0.0682. The van der Waals surface area contributed by atoms with E-state index in [9.17, 15) is 0 Å². The number of piperidine rings is 1. The quantitative estimate of drug-likeness (QED) is 0.875. The Hall–Kier alpha value is -0.970. The molecule has 1 aliphatic carbocycles. The summed E-state index contributed by atoms with van der Waals surface area (Å²) in [5, 5.41) is 3.52. The SMILES string of the molecule is c1cncc(CN2CC3(CCNCC3)CC2COCC2CC2)c1. The third-order valence-electron chi connectivity index (χ3n) is 5.86. The van der Waals surface area contributed by atoms with Crippen LogP contribution in [0, 0.1) is 11.3 Å². The van der Waals surface area contributed by atoms with Crippen LogP contribution in [0.5, 0.6) is 0 Å². The van der Waals surface area contributed by atoms with Gasteiger partial charge in [0.2, 0.25) is 0 Å². The Kier molecular flexibility index (Phi) is 4.65. The summed E-state index contributed by atoms with van der Waals surface area (Å²) in [6.45, 7) is 6.48. The molecule has 0 aromatic carbocycles. The number of nitrogens with one attached hydrogen (secondary N) is 1. The largest absolute Gasteiger partial charge is 0.380 e. The molecule has 3 heterocycles. The highest BCUT2D eigenvalue weighted by Crippen LogP contribution is 2.42. The van der Waals surface area contributed by atoms with Crippen LogP contribution >= 0.6 is 0 Å². The summed E-state index contributed by atoms with van der Waals surface area (Å²) in [7, 11) is 0. The molecule has 1 unspecified atom stereocenters. The fourth-order valence-electron chi connectivity index (χ4n) is 4.30. The van der Waals surface area contributed by atoms with Crippen molar-refractivity contribution >= 4 is 0 Å². The van der Waals surface area contributed by atoms with Gasteiger partial charge in [0, 0.05) is 38.1 Å². The Bertz CT molecular complexity index is 497. The highest BCUT2D eigenvalue weighted by molar-refractivity contribution is 5.10. The number of hydrogen-bond acceptors (Lipinski definition) is 4. The lowest BCUT2D eigenvalue weighted by atomic mass is 9.77.